The van der Waals surface area contributed by atoms with Gasteiger partial charge in [0.25, 0.3) is 0 Å². The molecule has 0 aliphatic carbocycles. The van der Waals surface area contributed by atoms with Crippen molar-refractivity contribution in [2.45, 2.75) is 20.0 Å². The number of carboxylic acids is 1. The van der Waals surface area contributed by atoms with E-state index in [0.717, 1.165) is 0 Å². The molecule has 0 spiro atoms. The van der Waals surface area contributed by atoms with E-state index in [0.29, 0.717) is 0 Å². The van der Waals surface area contributed by atoms with Gasteiger partial charge in [0.1, 0.15) is 17.4 Å². The second-order valence-electron chi connectivity index (χ2n) is 3.19. The van der Waals surface area contributed by atoms with Gasteiger partial charge < -0.3 is 14.6 Å². The Bertz CT molecular complexity index is 300. The molecule has 0 bridgehead atoms. The molecule has 0 amide bonds. The summed E-state index contributed by atoms with van der Waals surface area (Å²) >= 11 is 0. The fourth-order valence-electron chi connectivity index (χ4n) is 1.03. The molecular formula is C9H12O4. The van der Waals surface area contributed by atoms with Crippen molar-refractivity contribution in [1.82, 2.24) is 0 Å². The number of hydrogen-bond donors (Lipinski definition) is 2. The van der Waals surface area contributed by atoms with Gasteiger partial charge >= 0.3 is 5.97 Å². The van der Waals surface area contributed by atoms with Gasteiger partial charge in [0.15, 0.2) is 0 Å². The molecule has 1 unspecified atom stereocenters. The Hall–Kier alpha value is -1.29. The third kappa shape index (κ3) is 1.89. The van der Waals surface area contributed by atoms with Gasteiger partial charge in [-0.15, -0.1) is 0 Å². The highest BCUT2D eigenvalue weighted by Gasteiger charge is 2.22. The van der Waals surface area contributed by atoms with E-state index in [1.54, 1.807) is 13.8 Å². The third-order valence-corrected chi connectivity index (χ3v) is 1.83. The lowest BCUT2D eigenvalue weighted by Gasteiger charge is -2.11. The molecule has 1 aromatic rings. The van der Waals surface area contributed by atoms with Crippen LogP contribution in [0.5, 0.6) is 0 Å². The zero-order valence-corrected chi connectivity index (χ0v) is 7.52. The lowest BCUT2D eigenvalue weighted by Crippen LogP contribution is -2.09. The number of aliphatic hydroxyl groups excluding tert-OH is 1. The van der Waals surface area contributed by atoms with Gasteiger partial charge in [-0.25, -0.2) is 4.79 Å². The first-order chi connectivity index (χ1) is 6.04. The minimum atomic E-state index is -1.08. The molecule has 0 aliphatic heterocycles. The zero-order chi connectivity index (χ0) is 10.0. The van der Waals surface area contributed by atoms with Crippen molar-refractivity contribution < 1.29 is 19.4 Å². The van der Waals surface area contributed by atoms with Crippen LogP contribution in [0.25, 0.3) is 0 Å². The first-order valence-electron chi connectivity index (χ1n) is 4.02. The van der Waals surface area contributed by atoms with Gasteiger partial charge in [0.05, 0.1) is 6.26 Å². The average molecular weight is 184 g/mol. The molecule has 1 aromatic heterocycles. The summed E-state index contributed by atoms with van der Waals surface area (Å²) < 4.78 is 4.92. The summed E-state index contributed by atoms with van der Waals surface area (Å²) in [5.41, 5.74) is 0.0289. The SMILES string of the molecule is CC(C)C(O)c1occc1C(=O)O. The molecule has 72 valence electrons. The Labute approximate surface area is 75.8 Å². The Morgan fingerprint density at radius 3 is 2.62 bits per heavy atom. The van der Waals surface area contributed by atoms with E-state index >= 15 is 0 Å². The molecular weight excluding hydrogens is 172 g/mol. The zero-order valence-electron chi connectivity index (χ0n) is 7.52. The van der Waals surface area contributed by atoms with Crippen LogP contribution in [0.4, 0.5) is 0 Å². The second kappa shape index (κ2) is 3.62. The normalized spacial score (nSPS) is 13.2. The largest absolute Gasteiger partial charge is 0.478 e. The van der Waals surface area contributed by atoms with Crippen LogP contribution in [0.3, 0.4) is 0 Å². The van der Waals surface area contributed by atoms with Crippen molar-refractivity contribution in [2.24, 2.45) is 5.92 Å². The number of rotatable bonds is 3. The summed E-state index contributed by atoms with van der Waals surface area (Å²) in [6, 6.07) is 1.34. The lowest BCUT2D eigenvalue weighted by molar-refractivity contribution is 0.0667. The van der Waals surface area contributed by atoms with E-state index in [-0.39, 0.29) is 17.2 Å². The molecule has 0 radical (unpaired) electrons. The molecule has 4 nitrogen and oxygen atoms in total. The second-order valence-corrected chi connectivity index (χ2v) is 3.19. The molecule has 1 rings (SSSR count). The maximum atomic E-state index is 10.6. The topological polar surface area (TPSA) is 70.7 Å². The molecule has 13 heavy (non-hydrogen) atoms. The maximum absolute atomic E-state index is 10.6. The van der Waals surface area contributed by atoms with Gasteiger partial charge in [-0.1, -0.05) is 13.8 Å². The summed E-state index contributed by atoms with van der Waals surface area (Å²) in [6.07, 6.45) is 0.408. The molecule has 0 saturated carbocycles. The molecule has 0 saturated heterocycles. The van der Waals surface area contributed by atoms with Crippen molar-refractivity contribution in [1.29, 1.82) is 0 Å². The minimum Gasteiger partial charge on any atom is -0.478 e. The highest BCUT2D eigenvalue weighted by Crippen LogP contribution is 2.25. The predicted molar refractivity (Wildman–Crippen MR) is 45.5 cm³/mol. The Morgan fingerprint density at radius 1 is 1.54 bits per heavy atom. The minimum absolute atomic E-state index is 0.0289. The lowest BCUT2D eigenvalue weighted by atomic mass is 10.0. The number of aliphatic hydroxyl groups is 1. The monoisotopic (exact) mass is 184 g/mol. The molecule has 0 fully saturated rings. The van der Waals surface area contributed by atoms with Crippen LogP contribution in [-0.4, -0.2) is 16.2 Å². The first-order valence-corrected chi connectivity index (χ1v) is 4.02. The molecule has 4 heteroatoms. The van der Waals surface area contributed by atoms with E-state index < -0.39 is 12.1 Å². The number of aromatic carboxylic acids is 1. The Balaban J connectivity index is 3.00. The molecule has 0 aromatic carbocycles. The summed E-state index contributed by atoms with van der Waals surface area (Å²) in [6.45, 7) is 3.58. The quantitative estimate of drug-likeness (QED) is 0.749. The number of furan rings is 1. The van der Waals surface area contributed by atoms with Gasteiger partial charge in [0.2, 0.25) is 0 Å². The number of hydrogen-bond acceptors (Lipinski definition) is 3. The van der Waals surface area contributed by atoms with E-state index in [2.05, 4.69) is 0 Å². The van der Waals surface area contributed by atoms with E-state index in [1.165, 1.54) is 12.3 Å². The van der Waals surface area contributed by atoms with Crippen LogP contribution in [0.1, 0.15) is 36.1 Å². The van der Waals surface area contributed by atoms with Crippen LogP contribution in [0.15, 0.2) is 16.7 Å². The van der Waals surface area contributed by atoms with Crippen molar-refractivity contribution >= 4 is 5.97 Å². The standard InChI is InChI=1S/C9H12O4/c1-5(2)7(10)8-6(9(11)12)3-4-13-8/h3-5,7,10H,1-2H3,(H,11,12). The van der Waals surface area contributed by atoms with Crippen LogP contribution in [-0.2, 0) is 0 Å². The fraction of sp³-hybridized carbons (Fsp3) is 0.444. The van der Waals surface area contributed by atoms with Gasteiger partial charge in [-0.3, -0.25) is 0 Å². The summed E-state index contributed by atoms with van der Waals surface area (Å²) in [5.74, 6) is -1.02. The van der Waals surface area contributed by atoms with Crippen LogP contribution < -0.4 is 0 Å². The molecule has 2 N–H and O–H groups in total. The highest BCUT2D eigenvalue weighted by molar-refractivity contribution is 5.88. The Morgan fingerprint density at radius 2 is 2.15 bits per heavy atom. The maximum Gasteiger partial charge on any atom is 0.339 e. The van der Waals surface area contributed by atoms with E-state index in [9.17, 15) is 9.90 Å². The van der Waals surface area contributed by atoms with Crippen LogP contribution in [0.2, 0.25) is 0 Å². The van der Waals surface area contributed by atoms with Crippen LogP contribution in [0, 0.1) is 5.92 Å². The summed E-state index contributed by atoms with van der Waals surface area (Å²) in [4.78, 5) is 10.6. The van der Waals surface area contributed by atoms with Gasteiger partial charge in [-0.2, -0.15) is 0 Å². The fourth-order valence-corrected chi connectivity index (χ4v) is 1.03. The highest BCUT2D eigenvalue weighted by atomic mass is 16.4. The number of carboxylic acid groups (broad SMARTS) is 1. The number of carbonyl (C=O) groups is 1. The predicted octanol–water partition coefficient (Wildman–Crippen LogP) is 1.67. The van der Waals surface area contributed by atoms with Crippen LogP contribution >= 0.6 is 0 Å². The molecule has 0 aliphatic rings. The molecule has 1 heterocycles. The van der Waals surface area contributed by atoms with Crippen molar-refractivity contribution in [3.63, 3.8) is 0 Å². The smallest absolute Gasteiger partial charge is 0.339 e. The van der Waals surface area contributed by atoms with Crippen molar-refractivity contribution in [3.05, 3.63) is 23.7 Å². The van der Waals surface area contributed by atoms with Gasteiger partial charge in [0, 0.05) is 0 Å². The van der Waals surface area contributed by atoms with E-state index in [1.807, 2.05) is 0 Å². The molecule has 1 atom stereocenters. The summed E-state index contributed by atoms with van der Waals surface area (Å²) in [7, 11) is 0. The van der Waals surface area contributed by atoms with Crippen molar-refractivity contribution in [3.8, 4) is 0 Å². The van der Waals surface area contributed by atoms with E-state index in [4.69, 9.17) is 9.52 Å². The average Bonchev–Trinajstić information content (AvgIpc) is 2.50. The van der Waals surface area contributed by atoms with Crippen molar-refractivity contribution in [2.75, 3.05) is 0 Å². The Kier molecular flexibility index (Phi) is 2.72. The van der Waals surface area contributed by atoms with Gasteiger partial charge in [-0.05, 0) is 12.0 Å². The first kappa shape index (κ1) is 9.80. The third-order valence-electron chi connectivity index (χ3n) is 1.83. The summed E-state index contributed by atoms with van der Waals surface area (Å²) in [5, 5.41) is 18.3.